The highest BCUT2D eigenvalue weighted by molar-refractivity contribution is 5.83. The van der Waals surface area contributed by atoms with Crippen molar-refractivity contribution in [3.8, 4) is 5.82 Å². The average Bonchev–Trinajstić information content (AvgIpc) is 3.16. The molecule has 7 nitrogen and oxygen atoms in total. The molecule has 4 rings (SSSR count). The van der Waals surface area contributed by atoms with Gasteiger partial charge < -0.3 is 5.11 Å². The summed E-state index contributed by atoms with van der Waals surface area (Å²) in [4.78, 5) is 14.0. The van der Waals surface area contributed by atoms with Crippen LogP contribution in [0.15, 0.2) is 30.6 Å². The Morgan fingerprint density at radius 1 is 1.20 bits per heavy atom. The van der Waals surface area contributed by atoms with Crippen LogP contribution in [0.1, 0.15) is 24.6 Å². The van der Waals surface area contributed by atoms with Gasteiger partial charge in [-0.3, -0.25) is 4.57 Å². The fraction of sp³-hybridized carbons (Fsp3) is 0.333. The van der Waals surface area contributed by atoms with Gasteiger partial charge in [-0.25, -0.2) is 19.1 Å². The van der Waals surface area contributed by atoms with Crippen LogP contribution in [0.2, 0.25) is 0 Å². The van der Waals surface area contributed by atoms with Crippen LogP contribution in [-0.4, -0.2) is 35.8 Å². The molecule has 0 aliphatic rings. The third-order valence-corrected chi connectivity index (χ3v) is 4.73. The van der Waals surface area contributed by atoms with Crippen LogP contribution in [0.25, 0.3) is 28.0 Å². The molecule has 0 spiro atoms. The molecule has 7 heteroatoms. The fourth-order valence-corrected chi connectivity index (χ4v) is 3.24. The zero-order valence-corrected chi connectivity index (χ0v) is 14.8. The van der Waals surface area contributed by atoms with E-state index >= 15 is 0 Å². The summed E-state index contributed by atoms with van der Waals surface area (Å²) in [7, 11) is 1.99. The standard InChI is InChI=1S/C18H21N6O/c1-11(9-25)23-10-19-16-17(23)21-12(2)22(4)18(16)24-13(3)20-14-7-5-6-8-15(14)24/h5-8,10-11,25H,9H2,1-4H3/q+1. The van der Waals surface area contributed by atoms with Crippen LogP contribution in [0.5, 0.6) is 0 Å². The lowest BCUT2D eigenvalue weighted by molar-refractivity contribution is -0.673. The molecule has 0 aliphatic carbocycles. The van der Waals surface area contributed by atoms with Gasteiger partial charge in [0.15, 0.2) is 11.3 Å². The third kappa shape index (κ3) is 2.23. The maximum absolute atomic E-state index is 9.53. The van der Waals surface area contributed by atoms with Gasteiger partial charge in [0.2, 0.25) is 11.5 Å². The van der Waals surface area contributed by atoms with Crippen molar-refractivity contribution >= 4 is 22.2 Å². The second-order valence-electron chi connectivity index (χ2n) is 6.38. The molecule has 0 saturated carbocycles. The van der Waals surface area contributed by atoms with E-state index in [0.717, 1.165) is 39.7 Å². The summed E-state index contributed by atoms with van der Waals surface area (Å²) in [6, 6.07) is 7.99. The molecule has 1 N–H and O–H groups in total. The van der Waals surface area contributed by atoms with Gasteiger partial charge in [-0.1, -0.05) is 17.1 Å². The highest BCUT2D eigenvalue weighted by Gasteiger charge is 2.26. The van der Waals surface area contributed by atoms with Crippen molar-refractivity contribution in [1.82, 2.24) is 24.1 Å². The molecular formula is C18H21N6O+. The summed E-state index contributed by atoms with van der Waals surface area (Å²) in [5.74, 6) is 2.69. The number of hydrogen-bond donors (Lipinski definition) is 1. The lowest BCUT2D eigenvalue weighted by atomic mass is 10.3. The van der Waals surface area contributed by atoms with E-state index in [1.54, 1.807) is 6.33 Å². The SMILES string of the molecule is Cc1nc2ccccc2n1-c1c2ncn(C(C)CO)c2nc(C)[n+]1C. The minimum atomic E-state index is -0.0851. The number of hydrogen-bond acceptors (Lipinski definition) is 4. The quantitative estimate of drug-likeness (QED) is 0.578. The van der Waals surface area contributed by atoms with E-state index < -0.39 is 0 Å². The van der Waals surface area contributed by atoms with Gasteiger partial charge in [-0.2, -0.15) is 0 Å². The summed E-state index contributed by atoms with van der Waals surface area (Å²) in [5.41, 5.74) is 3.54. The zero-order valence-electron chi connectivity index (χ0n) is 14.8. The van der Waals surface area contributed by atoms with E-state index in [-0.39, 0.29) is 12.6 Å². The maximum Gasteiger partial charge on any atom is 0.266 e. The van der Waals surface area contributed by atoms with E-state index in [2.05, 4.69) is 20.6 Å². The van der Waals surface area contributed by atoms with Crippen molar-refractivity contribution < 1.29 is 9.67 Å². The smallest absolute Gasteiger partial charge is 0.266 e. The van der Waals surface area contributed by atoms with Gasteiger partial charge in [0.05, 0.1) is 26.0 Å². The van der Waals surface area contributed by atoms with E-state index in [1.807, 2.05) is 55.2 Å². The molecule has 0 fully saturated rings. The second-order valence-corrected chi connectivity index (χ2v) is 6.38. The number of nitrogens with zero attached hydrogens (tertiary/aromatic N) is 6. The Morgan fingerprint density at radius 2 is 1.96 bits per heavy atom. The molecule has 1 unspecified atom stereocenters. The van der Waals surface area contributed by atoms with Crippen molar-refractivity contribution in [3.05, 3.63) is 42.2 Å². The summed E-state index contributed by atoms with van der Waals surface area (Å²) in [6.45, 7) is 5.95. The van der Waals surface area contributed by atoms with Crippen molar-refractivity contribution in [2.75, 3.05) is 6.61 Å². The number of aromatic nitrogens is 6. The van der Waals surface area contributed by atoms with Crippen LogP contribution in [0.3, 0.4) is 0 Å². The largest absolute Gasteiger partial charge is 0.394 e. The molecule has 0 radical (unpaired) electrons. The summed E-state index contributed by atoms with van der Waals surface area (Å²) in [5, 5.41) is 9.53. The Bertz CT molecular complexity index is 1090. The Balaban J connectivity index is 2.12. The van der Waals surface area contributed by atoms with E-state index in [9.17, 15) is 5.11 Å². The number of fused-ring (bicyclic) bond motifs is 2. The number of imidazole rings is 2. The predicted molar refractivity (Wildman–Crippen MR) is 94.6 cm³/mol. The van der Waals surface area contributed by atoms with E-state index in [0.29, 0.717) is 0 Å². The van der Waals surface area contributed by atoms with Crippen LogP contribution >= 0.6 is 0 Å². The van der Waals surface area contributed by atoms with Crippen LogP contribution < -0.4 is 4.57 Å². The molecule has 0 amide bonds. The number of benzene rings is 1. The van der Waals surface area contributed by atoms with Crippen molar-refractivity contribution in [1.29, 1.82) is 0 Å². The molecule has 1 atom stereocenters. The average molecular weight is 337 g/mol. The zero-order chi connectivity index (χ0) is 17.7. The molecule has 3 aromatic heterocycles. The lowest BCUT2D eigenvalue weighted by Gasteiger charge is -2.11. The topological polar surface area (TPSA) is 72.6 Å². The first-order valence-corrected chi connectivity index (χ1v) is 8.31. The number of aliphatic hydroxyl groups excluding tert-OH is 1. The number of aliphatic hydroxyl groups is 1. The molecule has 0 aliphatic heterocycles. The molecule has 0 bridgehead atoms. The normalized spacial score (nSPS) is 13.0. The fourth-order valence-electron chi connectivity index (χ4n) is 3.24. The molecule has 25 heavy (non-hydrogen) atoms. The molecule has 128 valence electrons. The van der Waals surface area contributed by atoms with E-state index in [1.165, 1.54) is 0 Å². The minimum absolute atomic E-state index is 0.0373. The first-order valence-electron chi connectivity index (χ1n) is 8.31. The molecular weight excluding hydrogens is 316 g/mol. The predicted octanol–water partition coefficient (Wildman–Crippen LogP) is 1.76. The van der Waals surface area contributed by atoms with Gasteiger partial charge in [-0.15, -0.1) is 0 Å². The minimum Gasteiger partial charge on any atom is -0.394 e. The highest BCUT2D eigenvalue weighted by Crippen LogP contribution is 2.25. The van der Waals surface area contributed by atoms with Gasteiger partial charge in [0.1, 0.15) is 11.0 Å². The summed E-state index contributed by atoms with van der Waals surface area (Å²) >= 11 is 0. The van der Waals surface area contributed by atoms with Gasteiger partial charge in [-0.05, 0) is 19.1 Å². The monoisotopic (exact) mass is 337 g/mol. The Labute approximate surface area is 145 Å². The first-order chi connectivity index (χ1) is 12.0. The van der Waals surface area contributed by atoms with Crippen molar-refractivity contribution in [2.45, 2.75) is 26.8 Å². The number of aryl methyl sites for hydroxylation is 2. The van der Waals surface area contributed by atoms with Gasteiger partial charge >= 0.3 is 0 Å². The van der Waals surface area contributed by atoms with Gasteiger partial charge in [0, 0.05) is 13.8 Å². The lowest BCUT2D eigenvalue weighted by Crippen LogP contribution is -2.39. The van der Waals surface area contributed by atoms with Crippen molar-refractivity contribution in [3.63, 3.8) is 0 Å². The molecule has 3 heterocycles. The Kier molecular flexibility index (Phi) is 3.54. The van der Waals surface area contributed by atoms with E-state index in [4.69, 9.17) is 4.98 Å². The summed E-state index contributed by atoms with van der Waals surface area (Å²) in [6.07, 6.45) is 1.75. The molecule has 1 aromatic carbocycles. The highest BCUT2D eigenvalue weighted by atomic mass is 16.3. The van der Waals surface area contributed by atoms with Gasteiger partial charge in [0.25, 0.3) is 5.82 Å². The molecule has 0 saturated heterocycles. The number of para-hydroxylation sites is 2. The van der Waals surface area contributed by atoms with Crippen LogP contribution in [-0.2, 0) is 7.05 Å². The Hall–Kier alpha value is -2.80. The third-order valence-electron chi connectivity index (χ3n) is 4.73. The number of rotatable bonds is 3. The van der Waals surface area contributed by atoms with Crippen molar-refractivity contribution in [2.24, 2.45) is 7.05 Å². The first kappa shape index (κ1) is 15.7. The Morgan fingerprint density at radius 3 is 2.72 bits per heavy atom. The summed E-state index contributed by atoms with van der Waals surface area (Å²) < 4.78 is 6.07. The maximum atomic E-state index is 9.53. The second kappa shape index (κ2) is 5.63. The van der Waals surface area contributed by atoms with Crippen LogP contribution in [0.4, 0.5) is 0 Å². The molecule has 4 aromatic rings. The van der Waals surface area contributed by atoms with Crippen LogP contribution in [0, 0.1) is 13.8 Å².